The normalized spacial score (nSPS) is 15.0. The van der Waals surface area contributed by atoms with Gasteiger partial charge in [-0.25, -0.2) is 4.39 Å². The molecule has 0 aliphatic heterocycles. The molecule has 2 aromatic heterocycles. The molecule has 3 rings (SSSR count). The minimum absolute atomic E-state index is 0.426. The Morgan fingerprint density at radius 1 is 1.11 bits per heavy atom. The van der Waals surface area contributed by atoms with Crippen LogP contribution in [-0.4, -0.2) is 21.9 Å². The summed E-state index contributed by atoms with van der Waals surface area (Å²) >= 11 is 1.21. The maximum atomic E-state index is 13.9. The van der Waals surface area contributed by atoms with E-state index in [9.17, 15) is 22.7 Å². The van der Waals surface area contributed by atoms with Gasteiger partial charge in [0, 0.05) is 33.8 Å². The highest BCUT2D eigenvalue weighted by atomic mass is 32.1. The molecule has 0 saturated heterocycles. The second kappa shape index (κ2) is 7.12. The Balaban J connectivity index is 1.98. The quantitative estimate of drug-likeness (QED) is 0.527. The summed E-state index contributed by atoms with van der Waals surface area (Å²) in [5.74, 6) is -0.513. The lowest BCUT2D eigenvalue weighted by atomic mass is 9.72. The maximum absolute atomic E-state index is 13.9. The summed E-state index contributed by atoms with van der Waals surface area (Å²) in [4.78, 5) is 4.40. The summed E-state index contributed by atoms with van der Waals surface area (Å²) in [5, 5.41) is 11.5. The van der Waals surface area contributed by atoms with Gasteiger partial charge in [-0.2, -0.15) is 13.2 Å². The minimum Gasteiger partial charge on any atom is -0.380 e. The molecule has 3 aromatic rings. The van der Waals surface area contributed by atoms with Gasteiger partial charge in [-0.3, -0.25) is 4.98 Å². The molecule has 0 aliphatic rings. The summed E-state index contributed by atoms with van der Waals surface area (Å²) in [6.07, 6.45) is -2.82. The van der Waals surface area contributed by atoms with E-state index < -0.39 is 35.9 Å². The molecule has 0 aliphatic carbocycles. The SMILES string of the molecule is Cc1ccc(F)cc1C(C)(C)CC(O)(Cc1cc2cnccc2s1)C(F)(F)F. The van der Waals surface area contributed by atoms with Crippen LogP contribution in [0.5, 0.6) is 0 Å². The Kier molecular flexibility index (Phi) is 5.27. The number of nitrogens with zero attached hydrogens (tertiary/aromatic N) is 1. The van der Waals surface area contributed by atoms with E-state index >= 15 is 0 Å². The first-order valence-electron chi connectivity index (χ1n) is 8.79. The van der Waals surface area contributed by atoms with E-state index in [2.05, 4.69) is 4.98 Å². The number of benzene rings is 1. The van der Waals surface area contributed by atoms with Crippen LogP contribution in [0.3, 0.4) is 0 Å². The third-order valence-electron chi connectivity index (χ3n) is 5.03. The van der Waals surface area contributed by atoms with Gasteiger partial charge in [0.05, 0.1) is 0 Å². The Labute approximate surface area is 164 Å². The van der Waals surface area contributed by atoms with Crippen molar-refractivity contribution in [3.05, 3.63) is 64.5 Å². The van der Waals surface area contributed by atoms with E-state index in [-0.39, 0.29) is 0 Å². The average Bonchev–Trinajstić information content (AvgIpc) is 2.97. The fourth-order valence-electron chi connectivity index (χ4n) is 3.73. The van der Waals surface area contributed by atoms with Gasteiger partial charge in [0.25, 0.3) is 0 Å². The lowest BCUT2D eigenvalue weighted by Gasteiger charge is -2.38. The first kappa shape index (κ1) is 20.7. The summed E-state index contributed by atoms with van der Waals surface area (Å²) in [6.45, 7) is 4.92. The van der Waals surface area contributed by atoms with Crippen molar-refractivity contribution < 1.29 is 22.7 Å². The number of rotatable bonds is 5. The van der Waals surface area contributed by atoms with E-state index in [4.69, 9.17) is 0 Å². The van der Waals surface area contributed by atoms with Gasteiger partial charge in [0.2, 0.25) is 0 Å². The van der Waals surface area contributed by atoms with Crippen LogP contribution in [0.25, 0.3) is 10.1 Å². The van der Waals surface area contributed by atoms with Crippen LogP contribution in [0, 0.1) is 12.7 Å². The number of pyridine rings is 1. The molecule has 28 heavy (non-hydrogen) atoms. The molecule has 1 unspecified atom stereocenters. The average molecular weight is 411 g/mol. The van der Waals surface area contributed by atoms with E-state index in [0.717, 1.165) is 10.1 Å². The van der Waals surface area contributed by atoms with Crippen molar-refractivity contribution in [2.24, 2.45) is 0 Å². The minimum atomic E-state index is -4.83. The van der Waals surface area contributed by atoms with Gasteiger partial charge in [-0.1, -0.05) is 19.9 Å². The first-order chi connectivity index (χ1) is 12.9. The molecule has 0 amide bonds. The van der Waals surface area contributed by atoms with Crippen LogP contribution in [-0.2, 0) is 11.8 Å². The maximum Gasteiger partial charge on any atom is 0.417 e. The smallest absolute Gasteiger partial charge is 0.380 e. The molecule has 0 fully saturated rings. The Morgan fingerprint density at radius 3 is 2.46 bits per heavy atom. The standard InChI is InChI=1S/C21H21F4NOS/c1-13-4-5-15(22)9-17(13)19(2,3)12-20(27,21(23,24)25)10-16-8-14-11-26-7-6-18(14)28-16/h4-9,11,27H,10,12H2,1-3H3. The van der Waals surface area contributed by atoms with Crippen molar-refractivity contribution in [1.82, 2.24) is 4.98 Å². The largest absolute Gasteiger partial charge is 0.417 e. The topological polar surface area (TPSA) is 33.1 Å². The molecule has 1 atom stereocenters. The van der Waals surface area contributed by atoms with Crippen LogP contribution in [0.15, 0.2) is 42.7 Å². The van der Waals surface area contributed by atoms with Crippen molar-refractivity contribution in [2.45, 2.75) is 50.8 Å². The van der Waals surface area contributed by atoms with Gasteiger partial charge in [-0.05, 0) is 54.2 Å². The summed E-state index contributed by atoms with van der Waals surface area (Å²) < 4.78 is 56.4. The molecule has 0 saturated carbocycles. The van der Waals surface area contributed by atoms with Crippen LogP contribution >= 0.6 is 11.3 Å². The zero-order valence-corrected chi connectivity index (χ0v) is 16.6. The lowest BCUT2D eigenvalue weighted by molar-refractivity contribution is -0.266. The number of aliphatic hydroxyl groups is 1. The predicted octanol–water partition coefficient (Wildman–Crippen LogP) is 5.95. The molecular formula is C21H21F4NOS. The van der Waals surface area contributed by atoms with Crippen molar-refractivity contribution in [3.63, 3.8) is 0 Å². The molecule has 1 aromatic carbocycles. The molecule has 0 radical (unpaired) electrons. The fourth-order valence-corrected chi connectivity index (χ4v) is 4.87. The molecule has 7 heteroatoms. The van der Waals surface area contributed by atoms with Crippen molar-refractivity contribution >= 4 is 21.4 Å². The van der Waals surface area contributed by atoms with E-state index in [1.54, 1.807) is 45.3 Å². The van der Waals surface area contributed by atoms with Crippen molar-refractivity contribution in [1.29, 1.82) is 0 Å². The molecule has 1 N–H and O–H groups in total. The fraction of sp³-hybridized carbons (Fsp3) is 0.381. The summed E-state index contributed by atoms with van der Waals surface area (Å²) in [7, 11) is 0. The predicted molar refractivity (Wildman–Crippen MR) is 103 cm³/mol. The molecule has 0 spiro atoms. The zero-order chi connectivity index (χ0) is 20.7. The number of aryl methyl sites for hydroxylation is 1. The van der Waals surface area contributed by atoms with Gasteiger partial charge in [0.1, 0.15) is 5.82 Å². The number of halogens is 4. The lowest BCUT2D eigenvalue weighted by Crippen LogP contribution is -2.50. The first-order valence-corrected chi connectivity index (χ1v) is 9.61. The van der Waals surface area contributed by atoms with Gasteiger partial charge < -0.3 is 5.11 Å². The van der Waals surface area contributed by atoms with E-state index in [1.165, 1.54) is 29.5 Å². The van der Waals surface area contributed by atoms with Gasteiger partial charge in [0.15, 0.2) is 5.60 Å². The number of hydrogen-bond acceptors (Lipinski definition) is 3. The Bertz CT molecular complexity index is 962. The Morgan fingerprint density at radius 2 is 1.82 bits per heavy atom. The number of hydrogen-bond donors (Lipinski definition) is 1. The highest BCUT2D eigenvalue weighted by Crippen LogP contribution is 2.44. The van der Waals surface area contributed by atoms with Crippen LogP contribution < -0.4 is 0 Å². The number of aromatic nitrogens is 1. The molecule has 2 nitrogen and oxygen atoms in total. The number of thiophene rings is 1. The van der Waals surface area contributed by atoms with Crippen LogP contribution in [0.1, 0.15) is 36.3 Å². The monoisotopic (exact) mass is 411 g/mol. The summed E-state index contributed by atoms with van der Waals surface area (Å²) in [5.41, 5.74) is -2.89. The third-order valence-corrected chi connectivity index (χ3v) is 6.14. The summed E-state index contributed by atoms with van der Waals surface area (Å²) in [6, 6.07) is 7.42. The van der Waals surface area contributed by atoms with E-state index in [1.807, 2.05) is 0 Å². The van der Waals surface area contributed by atoms with Crippen LogP contribution in [0.2, 0.25) is 0 Å². The molecule has 2 heterocycles. The highest BCUT2D eigenvalue weighted by Gasteiger charge is 2.56. The van der Waals surface area contributed by atoms with Gasteiger partial charge in [-0.15, -0.1) is 11.3 Å². The van der Waals surface area contributed by atoms with Crippen molar-refractivity contribution in [2.75, 3.05) is 0 Å². The second-order valence-corrected chi connectivity index (χ2v) is 9.02. The highest BCUT2D eigenvalue weighted by molar-refractivity contribution is 7.19. The van der Waals surface area contributed by atoms with Crippen molar-refractivity contribution in [3.8, 4) is 0 Å². The van der Waals surface area contributed by atoms with Crippen LogP contribution in [0.4, 0.5) is 17.6 Å². The third kappa shape index (κ3) is 4.05. The zero-order valence-electron chi connectivity index (χ0n) is 15.8. The molecule has 0 bridgehead atoms. The molecular weight excluding hydrogens is 390 g/mol. The van der Waals surface area contributed by atoms with E-state index in [0.29, 0.717) is 16.0 Å². The Hall–Kier alpha value is -1.99. The second-order valence-electron chi connectivity index (χ2n) is 7.85. The number of fused-ring (bicyclic) bond motifs is 1. The molecule has 150 valence electrons. The number of alkyl halides is 3. The van der Waals surface area contributed by atoms with Gasteiger partial charge >= 0.3 is 6.18 Å².